The van der Waals surface area contributed by atoms with Gasteiger partial charge < -0.3 is 10.3 Å². The molecule has 0 aliphatic rings. The number of hydrogen-bond acceptors (Lipinski definition) is 2. The molecular weight excluding hydrogens is 296 g/mol. The minimum absolute atomic E-state index is 0.0237. The molecule has 0 saturated heterocycles. The molecule has 0 bridgehead atoms. The Labute approximate surface area is 142 Å². The molecule has 0 radical (unpaired) electrons. The van der Waals surface area contributed by atoms with Gasteiger partial charge in [-0.2, -0.15) is 0 Å². The van der Waals surface area contributed by atoms with Gasteiger partial charge in [0.25, 0.3) is 5.56 Å². The van der Waals surface area contributed by atoms with Crippen molar-refractivity contribution in [1.29, 1.82) is 0 Å². The van der Waals surface area contributed by atoms with Crippen molar-refractivity contribution in [2.45, 2.75) is 41.2 Å². The lowest BCUT2D eigenvalue weighted by Crippen LogP contribution is -2.16. The number of rotatable bonds is 3. The first-order valence-electron chi connectivity index (χ1n) is 8.30. The van der Waals surface area contributed by atoms with Crippen molar-refractivity contribution in [2.75, 3.05) is 5.32 Å². The lowest BCUT2D eigenvalue weighted by atomic mass is 10.0. The number of fused-ring (bicyclic) bond motifs is 1. The Hall–Kier alpha value is -2.55. The predicted molar refractivity (Wildman–Crippen MR) is 102 cm³/mol. The van der Waals surface area contributed by atoms with E-state index in [1.54, 1.807) is 0 Å². The fourth-order valence-corrected chi connectivity index (χ4v) is 3.51. The van der Waals surface area contributed by atoms with Gasteiger partial charge in [0, 0.05) is 17.8 Å². The molecule has 24 heavy (non-hydrogen) atoms. The van der Waals surface area contributed by atoms with Crippen LogP contribution in [0.1, 0.15) is 33.4 Å². The van der Waals surface area contributed by atoms with Gasteiger partial charge in [0.15, 0.2) is 0 Å². The van der Waals surface area contributed by atoms with E-state index in [1.165, 1.54) is 22.3 Å². The summed E-state index contributed by atoms with van der Waals surface area (Å²) in [5, 5.41) is 4.52. The quantitative estimate of drug-likeness (QED) is 0.736. The molecule has 0 unspecified atom stereocenters. The fourth-order valence-electron chi connectivity index (χ4n) is 3.51. The van der Waals surface area contributed by atoms with Crippen molar-refractivity contribution in [3.63, 3.8) is 0 Å². The second kappa shape index (κ2) is 6.16. The molecule has 2 aromatic carbocycles. The number of aryl methyl sites for hydroxylation is 5. The smallest absolute Gasteiger partial charge is 0.253 e. The third kappa shape index (κ3) is 3.07. The van der Waals surface area contributed by atoms with Crippen LogP contribution in [0.2, 0.25) is 0 Å². The molecule has 3 rings (SSSR count). The first-order valence-corrected chi connectivity index (χ1v) is 8.30. The molecule has 1 aromatic heterocycles. The molecule has 0 fully saturated rings. The molecule has 124 valence electrons. The molecule has 0 amide bonds. The van der Waals surface area contributed by atoms with Crippen LogP contribution < -0.4 is 10.9 Å². The summed E-state index contributed by atoms with van der Waals surface area (Å²) in [6.07, 6.45) is 0. The summed E-state index contributed by atoms with van der Waals surface area (Å²) in [4.78, 5) is 15.5. The van der Waals surface area contributed by atoms with Crippen LogP contribution in [0.15, 0.2) is 35.1 Å². The molecule has 3 nitrogen and oxygen atoms in total. The van der Waals surface area contributed by atoms with E-state index in [0.717, 1.165) is 27.7 Å². The second-order valence-corrected chi connectivity index (χ2v) is 6.80. The predicted octanol–water partition coefficient (Wildman–Crippen LogP) is 4.68. The summed E-state index contributed by atoms with van der Waals surface area (Å²) in [5.41, 5.74) is 8.75. The molecule has 3 aromatic rings. The average Bonchev–Trinajstić information content (AvgIpc) is 2.47. The van der Waals surface area contributed by atoms with E-state index in [1.807, 2.05) is 13.0 Å². The molecule has 0 aliphatic heterocycles. The first-order chi connectivity index (χ1) is 11.3. The van der Waals surface area contributed by atoms with Gasteiger partial charge in [0.1, 0.15) is 0 Å². The second-order valence-electron chi connectivity index (χ2n) is 6.80. The molecule has 0 spiro atoms. The highest BCUT2D eigenvalue weighted by atomic mass is 16.1. The molecule has 0 saturated carbocycles. The van der Waals surface area contributed by atoms with Crippen molar-refractivity contribution < 1.29 is 0 Å². The topological polar surface area (TPSA) is 44.9 Å². The number of hydrogen-bond donors (Lipinski definition) is 2. The average molecular weight is 320 g/mol. The summed E-state index contributed by atoms with van der Waals surface area (Å²) in [5.74, 6) is 0. The summed E-state index contributed by atoms with van der Waals surface area (Å²) in [6, 6.07) is 10.5. The van der Waals surface area contributed by atoms with Crippen LogP contribution in [0.3, 0.4) is 0 Å². The maximum atomic E-state index is 12.4. The maximum absolute atomic E-state index is 12.4. The van der Waals surface area contributed by atoms with Crippen molar-refractivity contribution in [2.24, 2.45) is 0 Å². The first kappa shape index (κ1) is 16.3. The third-order valence-electron chi connectivity index (χ3n) is 4.50. The van der Waals surface area contributed by atoms with Crippen LogP contribution in [0.4, 0.5) is 5.69 Å². The molecule has 0 aliphatic carbocycles. The van der Waals surface area contributed by atoms with Gasteiger partial charge in [0.2, 0.25) is 0 Å². The van der Waals surface area contributed by atoms with Crippen molar-refractivity contribution in [3.8, 4) is 0 Å². The van der Waals surface area contributed by atoms with E-state index in [2.05, 4.69) is 62.3 Å². The molecule has 1 heterocycles. The van der Waals surface area contributed by atoms with Crippen molar-refractivity contribution in [1.82, 2.24) is 4.98 Å². The van der Waals surface area contributed by atoms with E-state index in [4.69, 9.17) is 0 Å². The summed E-state index contributed by atoms with van der Waals surface area (Å²) >= 11 is 0. The highest BCUT2D eigenvalue weighted by Crippen LogP contribution is 2.23. The number of aromatic nitrogens is 1. The van der Waals surface area contributed by atoms with Gasteiger partial charge in [0.05, 0.1) is 5.52 Å². The van der Waals surface area contributed by atoms with Gasteiger partial charge >= 0.3 is 0 Å². The Balaban J connectivity index is 1.96. The van der Waals surface area contributed by atoms with E-state index in [9.17, 15) is 4.79 Å². The molecular formula is C21H24N2O. The van der Waals surface area contributed by atoms with Crippen molar-refractivity contribution in [3.05, 3.63) is 74.1 Å². The highest BCUT2D eigenvalue weighted by Gasteiger charge is 2.08. The fraction of sp³-hybridized carbons (Fsp3) is 0.286. The minimum atomic E-state index is -0.0237. The summed E-state index contributed by atoms with van der Waals surface area (Å²) in [6.45, 7) is 10.9. The van der Waals surface area contributed by atoms with Crippen LogP contribution >= 0.6 is 0 Å². The molecule has 2 N–H and O–H groups in total. The lowest BCUT2D eigenvalue weighted by Gasteiger charge is -2.14. The monoisotopic (exact) mass is 320 g/mol. The summed E-state index contributed by atoms with van der Waals surface area (Å²) < 4.78 is 0. The van der Waals surface area contributed by atoms with Crippen LogP contribution in [0, 0.1) is 34.6 Å². The van der Waals surface area contributed by atoms with Gasteiger partial charge in [-0.1, -0.05) is 29.3 Å². The summed E-state index contributed by atoms with van der Waals surface area (Å²) in [7, 11) is 0. The van der Waals surface area contributed by atoms with E-state index in [-0.39, 0.29) is 5.56 Å². The van der Waals surface area contributed by atoms with E-state index in [0.29, 0.717) is 6.54 Å². The number of benzene rings is 2. The Bertz CT molecular complexity index is 960. The zero-order chi connectivity index (χ0) is 17.4. The van der Waals surface area contributed by atoms with Gasteiger partial charge in [-0.15, -0.1) is 0 Å². The number of aromatic amines is 1. The van der Waals surface area contributed by atoms with Crippen LogP contribution in [-0.4, -0.2) is 4.98 Å². The Morgan fingerprint density at radius 3 is 2.08 bits per heavy atom. The highest BCUT2D eigenvalue weighted by molar-refractivity contribution is 5.83. The minimum Gasteiger partial charge on any atom is -0.380 e. The number of nitrogens with one attached hydrogen (secondary N) is 2. The van der Waals surface area contributed by atoms with E-state index >= 15 is 0 Å². The largest absolute Gasteiger partial charge is 0.380 e. The third-order valence-corrected chi connectivity index (χ3v) is 4.50. The number of pyridine rings is 1. The Morgan fingerprint density at radius 1 is 0.833 bits per heavy atom. The zero-order valence-electron chi connectivity index (χ0n) is 15.0. The Kier molecular flexibility index (Phi) is 4.18. The molecule has 3 heteroatoms. The Morgan fingerprint density at radius 2 is 1.42 bits per heavy atom. The van der Waals surface area contributed by atoms with Crippen LogP contribution in [-0.2, 0) is 6.54 Å². The SMILES string of the molecule is Cc1cc(C)c(NCc2cc3cc(C)cc(C)c3[nH]c2=O)c(C)c1. The zero-order valence-corrected chi connectivity index (χ0v) is 15.0. The van der Waals surface area contributed by atoms with Gasteiger partial charge in [-0.3, -0.25) is 4.79 Å². The van der Waals surface area contributed by atoms with Crippen molar-refractivity contribution >= 4 is 16.6 Å². The van der Waals surface area contributed by atoms with Crippen LogP contribution in [0.5, 0.6) is 0 Å². The standard InChI is InChI=1S/C21H24N2O/c1-12-6-14(3)19(15(4)7-12)22-11-18-10-17-9-13(2)8-16(5)20(17)23-21(18)24/h6-10,22H,11H2,1-5H3,(H,23,24). The van der Waals surface area contributed by atoms with E-state index < -0.39 is 0 Å². The lowest BCUT2D eigenvalue weighted by molar-refractivity contribution is 1.08. The maximum Gasteiger partial charge on any atom is 0.253 e. The molecule has 0 atom stereocenters. The number of anilines is 1. The number of H-pyrrole nitrogens is 1. The van der Waals surface area contributed by atoms with Crippen LogP contribution in [0.25, 0.3) is 10.9 Å². The van der Waals surface area contributed by atoms with Gasteiger partial charge in [-0.25, -0.2) is 0 Å². The normalized spacial score (nSPS) is 11.0. The van der Waals surface area contributed by atoms with Gasteiger partial charge in [-0.05, 0) is 68.8 Å².